The maximum atomic E-state index is 12.2. The zero-order valence-electron chi connectivity index (χ0n) is 14.8. The third kappa shape index (κ3) is 3.54. The van der Waals surface area contributed by atoms with Crippen LogP contribution in [0.25, 0.3) is 0 Å². The van der Waals surface area contributed by atoms with Crippen LogP contribution in [0, 0.1) is 23.2 Å². The van der Waals surface area contributed by atoms with Crippen molar-refractivity contribution >= 4 is 29.2 Å². The van der Waals surface area contributed by atoms with Crippen LogP contribution < -0.4 is 11.1 Å². The van der Waals surface area contributed by atoms with Crippen LogP contribution >= 0.6 is 11.6 Å². The third-order valence-corrected chi connectivity index (χ3v) is 6.63. The minimum Gasteiger partial charge on any atom is -0.452 e. The number of halogens is 1. The van der Waals surface area contributed by atoms with Gasteiger partial charge in [0.2, 0.25) is 0 Å². The Morgan fingerprint density at radius 1 is 1.15 bits per heavy atom. The highest BCUT2D eigenvalue weighted by Gasteiger charge is 2.50. The quantitative estimate of drug-likeness (QED) is 0.609. The minimum atomic E-state index is -0.607. The Balaban J connectivity index is 1.27. The molecule has 4 bridgehead atoms. The number of carbonyl (C=O) groups is 2. The van der Waals surface area contributed by atoms with Gasteiger partial charge in [-0.15, -0.1) is 0 Å². The molecule has 0 unspecified atom stereocenters. The zero-order valence-corrected chi connectivity index (χ0v) is 15.6. The largest absolute Gasteiger partial charge is 0.452 e. The Hall–Kier alpha value is -1.75. The van der Waals surface area contributed by atoms with Gasteiger partial charge in [-0.3, -0.25) is 4.79 Å². The molecule has 0 aliphatic heterocycles. The van der Waals surface area contributed by atoms with Gasteiger partial charge < -0.3 is 15.8 Å². The van der Waals surface area contributed by atoms with Crippen LogP contribution in [0.1, 0.15) is 48.9 Å². The van der Waals surface area contributed by atoms with Crippen molar-refractivity contribution in [2.24, 2.45) is 23.2 Å². The summed E-state index contributed by atoms with van der Waals surface area (Å²) >= 11 is 5.82. The van der Waals surface area contributed by atoms with Gasteiger partial charge in [-0.1, -0.05) is 11.6 Å². The third-order valence-electron chi connectivity index (χ3n) is 6.39. The van der Waals surface area contributed by atoms with Gasteiger partial charge in [-0.05, 0) is 79.9 Å². The summed E-state index contributed by atoms with van der Waals surface area (Å²) in [4.78, 5) is 24.3. The molecule has 26 heavy (non-hydrogen) atoms. The van der Waals surface area contributed by atoms with E-state index >= 15 is 0 Å². The summed E-state index contributed by atoms with van der Waals surface area (Å²) in [5.41, 5.74) is 6.52. The summed E-state index contributed by atoms with van der Waals surface area (Å²) in [5.74, 6) is 1.70. The lowest BCUT2D eigenvalue weighted by Gasteiger charge is -2.56. The Morgan fingerprint density at radius 3 is 2.35 bits per heavy atom. The van der Waals surface area contributed by atoms with Gasteiger partial charge in [0.15, 0.2) is 6.61 Å². The number of hydrogen-bond acceptors (Lipinski definition) is 4. The molecule has 6 heteroatoms. The Morgan fingerprint density at radius 2 is 1.77 bits per heavy atom. The predicted molar refractivity (Wildman–Crippen MR) is 99.8 cm³/mol. The molecule has 4 aliphatic carbocycles. The molecule has 140 valence electrons. The number of amides is 1. The van der Waals surface area contributed by atoms with Crippen LogP contribution in [-0.4, -0.2) is 25.0 Å². The first-order valence-electron chi connectivity index (χ1n) is 9.41. The van der Waals surface area contributed by atoms with Gasteiger partial charge in [-0.2, -0.15) is 0 Å². The van der Waals surface area contributed by atoms with Crippen molar-refractivity contribution in [2.45, 2.75) is 38.5 Å². The molecule has 1 aromatic carbocycles. The number of nitrogens with two attached hydrogens (primary N) is 1. The summed E-state index contributed by atoms with van der Waals surface area (Å²) < 4.78 is 5.11. The summed E-state index contributed by atoms with van der Waals surface area (Å²) in [7, 11) is 0. The first-order chi connectivity index (χ1) is 12.4. The van der Waals surface area contributed by atoms with E-state index in [1.165, 1.54) is 50.7 Å². The lowest BCUT2D eigenvalue weighted by Crippen LogP contribution is -2.51. The van der Waals surface area contributed by atoms with Crippen molar-refractivity contribution in [3.63, 3.8) is 0 Å². The van der Waals surface area contributed by atoms with E-state index in [9.17, 15) is 9.59 Å². The smallest absolute Gasteiger partial charge is 0.340 e. The highest BCUT2D eigenvalue weighted by atomic mass is 35.5. The average Bonchev–Trinajstić information content (AvgIpc) is 2.57. The second-order valence-corrected chi connectivity index (χ2v) is 8.94. The highest BCUT2D eigenvalue weighted by Crippen LogP contribution is 2.59. The monoisotopic (exact) mass is 376 g/mol. The van der Waals surface area contributed by atoms with Crippen molar-refractivity contribution in [1.82, 2.24) is 5.32 Å². The number of anilines is 1. The number of esters is 1. The second kappa shape index (κ2) is 6.76. The average molecular weight is 377 g/mol. The molecule has 5 rings (SSSR count). The Bertz CT molecular complexity index is 698. The molecule has 4 fully saturated rings. The van der Waals surface area contributed by atoms with E-state index in [0.29, 0.717) is 11.6 Å². The normalized spacial score (nSPS) is 31.7. The van der Waals surface area contributed by atoms with Crippen molar-refractivity contribution < 1.29 is 14.3 Å². The summed E-state index contributed by atoms with van der Waals surface area (Å²) in [6.07, 6.45) is 7.86. The molecule has 0 radical (unpaired) electrons. The van der Waals surface area contributed by atoms with Crippen molar-refractivity contribution in [1.29, 1.82) is 0 Å². The molecule has 1 amide bonds. The van der Waals surface area contributed by atoms with Crippen LogP contribution in [0.3, 0.4) is 0 Å². The van der Waals surface area contributed by atoms with Gasteiger partial charge in [0.1, 0.15) is 0 Å². The lowest BCUT2D eigenvalue weighted by atomic mass is 9.49. The van der Waals surface area contributed by atoms with E-state index < -0.39 is 5.97 Å². The Kier molecular flexibility index (Phi) is 4.59. The maximum absolute atomic E-state index is 12.2. The molecule has 1 aromatic rings. The molecular formula is C20H25ClN2O3. The van der Waals surface area contributed by atoms with E-state index in [1.54, 1.807) is 6.07 Å². The molecule has 0 saturated heterocycles. The lowest BCUT2D eigenvalue weighted by molar-refractivity contribution is -0.126. The van der Waals surface area contributed by atoms with Gasteiger partial charge in [0.25, 0.3) is 5.91 Å². The molecule has 0 atom stereocenters. The van der Waals surface area contributed by atoms with Crippen LogP contribution in [-0.2, 0) is 9.53 Å². The van der Waals surface area contributed by atoms with Crippen LogP contribution in [0.2, 0.25) is 5.02 Å². The Labute approximate surface area is 158 Å². The first kappa shape index (κ1) is 17.7. The maximum Gasteiger partial charge on any atom is 0.340 e. The number of nitrogen functional groups attached to an aromatic ring is 1. The second-order valence-electron chi connectivity index (χ2n) is 8.50. The number of carbonyl (C=O) groups excluding carboxylic acids is 2. The molecule has 0 aromatic heterocycles. The first-order valence-corrected chi connectivity index (χ1v) is 9.79. The van der Waals surface area contributed by atoms with E-state index in [2.05, 4.69) is 5.32 Å². The number of ether oxygens (including phenoxy) is 1. The SMILES string of the molecule is Nc1cc(Cl)ccc1C(=O)OCC(=O)NCC12CC3CC(CC(C3)C1)C2. The molecule has 0 spiro atoms. The highest BCUT2D eigenvalue weighted by molar-refractivity contribution is 6.31. The fourth-order valence-electron chi connectivity index (χ4n) is 5.77. The van der Waals surface area contributed by atoms with Gasteiger partial charge in [-0.25, -0.2) is 4.79 Å². The van der Waals surface area contributed by atoms with Crippen molar-refractivity contribution in [3.8, 4) is 0 Å². The molecule has 5 nitrogen and oxygen atoms in total. The molecule has 0 heterocycles. The van der Waals surface area contributed by atoms with Crippen LogP contribution in [0.4, 0.5) is 5.69 Å². The molecule has 4 aliphatic rings. The van der Waals surface area contributed by atoms with Gasteiger partial charge in [0, 0.05) is 17.3 Å². The standard InChI is InChI=1S/C20H25ClN2O3/c21-15-1-2-16(17(22)6-15)19(25)26-10-18(24)23-11-20-7-12-3-13(8-20)5-14(4-12)9-20/h1-2,6,12-14H,3-5,7-11,22H2,(H,23,24). The topological polar surface area (TPSA) is 81.4 Å². The number of benzene rings is 1. The van der Waals surface area contributed by atoms with Gasteiger partial charge in [0.05, 0.1) is 5.56 Å². The number of hydrogen-bond donors (Lipinski definition) is 2. The summed E-state index contributed by atoms with van der Waals surface area (Å²) in [5, 5.41) is 3.45. The zero-order chi connectivity index (χ0) is 18.3. The molecule has 3 N–H and O–H groups in total. The summed E-state index contributed by atoms with van der Waals surface area (Å²) in [6, 6.07) is 4.57. The fourth-order valence-corrected chi connectivity index (χ4v) is 5.95. The van der Waals surface area contributed by atoms with E-state index in [0.717, 1.165) is 17.8 Å². The minimum absolute atomic E-state index is 0.225. The fraction of sp³-hybridized carbons (Fsp3) is 0.600. The summed E-state index contributed by atoms with van der Waals surface area (Å²) in [6.45, 7) is 0.420. The van der Waals surface area contributed by atoms with Gasteiger partial charge >= 0.3 is 5.97 Å². The molecular weight excluding hydrogens is 352 g/mol. The van der Waals surface area contributed by atoms with Crippen molar-refractivity contribution in [3.05, 3.63) is 28.8 Å². The van der Waals surface area contributed by atoms with E-state index in [1.807, 2.05) is 0 Å². The van der Waals surface area contributed by atoms with Crippen LogP contribution in [0.15, 0.2) is 18.2 Å². The van der Waals surface area contributed by atoms with E-state index in [4.69, 9.17) is 22.1 Å². The van der Waals surface area contributed by atoms with Crippen LogP contribution in [0.5, 0.6) is 0 Å². The predicted octanol–water partition coefficient (Wildman–Crippen LogP) is 3.41. The number of nitrogens with one attached hydrogen (secondary N) is 1. The molecule has 4 saturated carbocycles. The number of rotatable bonds is 5. The van der Waals surface area contributed by atoms with E-state index in [-0.39, 0.29) is 29.2 Å². The van der Waals surface area contributed by atoms with Crippen molar-refractivity contribution in [2.75, 3.05) is 18.9 Å².